The average Bonchev–Trinajstić information content (AvgIpc) is 1.87. The van der Waals surface area contributed by atoms with E-state index in [0.29, 0.717) is 18.3 Å². The summed E-state index contributed by atoms with van der Waals surface area (Å²) in [6.45, 7) is 2.31. The molecule has 0 saturated carbocycles. The van der Waals surface area contributed by atoms with E-state index in [0.717, 1.165) is 0 Å². The topological polar surface area (TPSA) is 69.6 Å². The maximum atomic E-state index is 10.7. The van der Waals surface area contributed by atoms with Gasteiger partial charge in [-0.25, -0.2) is 0 Å². The Morgan fingerprint density at radius 3 is 2.45 bits per heavy atom. The quantitative estimate of drug-likeness (QED) is 0.497. The van der Waals surface area contributed by atoms with Crippen LogP contribution >= 0.6 is 23.5 Å². The minimum absolute atomic E-state index is 0.442. The van der Waals surface area contributed by atoms with E-state index < -0.39 is 13.4 Å². The Labute approximate surface area is 74.7 Å². The van der Waals surface area contributed by atoms with Gasteiger partial charge in [0.2, 0.25) is 0 Å². The van der Waals surface area contributed by atoms with Gasteiger partial charge in [0.15, 0.2) is 0 Å². The van der Waals surface area contributed by atoms with Gasteiger partial charge in [0.25, 0.3) is 0 Å². The average molecular weight is 246 g/mol. The number of alkyl halides is 1. The second-order valence-corrected chi connectivity index (χ2v) is 4.75. The molecule has 0 amide bonds. The van der Waals surface area contributed by atoms with Crippen LogP contribution in [0.25, 0.3) is 0 Å². The Balaban J connectivity index is 3.86. The molecule has 0 aliphatic rings. The van der Waals surface area contributed by atoms with Gasteiger partial charge in [-0.3, -0.25) is 4.57 Å². The highest BCUT2D eigenvalue weighted by Crippen LogP contribution is 2.40. The highest BCUT2D eigenvalue weighted by molar-refractivity contribution is 9.09. The van der Waals surface area contributed by atoms with Gasteiger partial charge in [0.05, 0.1) is 0 Å². The lowest BCUT2D eigenvalue weighted by Crippen LogP contribution is -2.29. The zero-order chi connectivity index (χ0) is 8.91. The van der Waals surface area contributed by atoms with E-state index >= 15 is 0 Å². The van der Waals surface area contributed by atoms with Crippen LogP contribution < -0.4 is 5.32 Å². The predicted molar refractivity (Wildman–Crippen MR) is 47.9 cm³/mol. The van der Waals surface area contributed by atoms with Crippen LogP contribution in [-0.2, 0) is 4.57 Å². The summed E-state index contributed by atoms with van der Waals surface area (Å²) >= 11 is 3.16. The summed E-state index contributed by atoms with van der Waals surface area (Å²) in [6, 6.07) is 0. The van der Waals surface area contributed by atoms with Crippen molar-refractivity contribution < 1.29 is 14.4 Å². The molecule has 68 valence electrons. The summed E-state index contributed by atoms with van der Waals surface area (Å²) in [4.78, 5) is 17.5. The monoisotopic (exact) mass is 245 g/mol. The van der Waals surface area contributed by atoms with Crippen molar-refractivity contribution in [1.29, 1.82) is 0 Å². The molecule has 3 N–H and O–H groups in total. The molecule has 0 aromatic carbocycles. The van der Waals surface area contributed by atoms with Gasteiger partial charge in [0.1, 0.15) is 5.78 Å². The van der Waals surface area contributed by atoms with E-state index in [1.54, 1.807) is 6.92 Å². The third-order valence-corrected chi connectivity index (χ3v) is 3.02. The van der Waals surface area contributed by atoms with Gasteiger partial charge in [-0.15, -0.1) is 0 Å². The maximum absolute atomic E-state index is 10.7. The molecular formula is C5H13BrNO3P. The van der Waals surface area contributed by atoms with Crippen LogP contribution in [0.2, 0.25) is 0 Å². The van der Waals surface area contributed by atoms with Crippen molar-refractivity contribution in [1.82, 2.24) is 5.32 Å². The SMILES string of the molecule is CCC(NCCBr)P(=O)(O)O. The predicted octanol–water partition coefficient (Wildman–Crippen LogP) is 0.885. The molecule has 11 heavy (non-hydrogen) atoms. The summed E-state index contributed by atoms with van der Waals surface area (Å²) in [7, 11) is -3.94. The summed E-state index contributed by atoms with van der Waals surface area (Å²) in [6.07, 6.45) is 0.442. The van der Waals surface area contributed by atoms with Crippen molar-refractivity contribution in [3.05, 3.63) is 0 Å². The maximum Gasteiger partial charge on any atom is 0.342 e. The van der Waals surface area contributed by atoms with E-state index in [4.69, 9.17) is 9.79 Å². The van der Waals surface area contributed by atoms with Crippen LogP contribution in [0.15, 0.2) is 0 Å². The van der Waals surface area contributed by atoms with Crippen molar-refractivity contribution in [2.24, 2.45) is 0 Å². The largest absolute Gasteiger partial charge is 0.342 e. The molecule has 1 unspecified atom stereocenters. The molecule has 0 rings (SSSR count). The van der Waals surface area contributed by atoms with Gasteiger partial charge < -0.3 is 15.1 Å². The van der Waals surface area contributed by atoms with Crippen LogP contribution in [-0.4, -0.2) is 27.4 Å². The van der Waals surface area contributed by atoms with Crippen molar-refractivity contribution in [3.63, 3.8) is 0 Å². The number of halogens is 1. The van der Waals surface area contributed by atoms with Crippen LogP contribution in [0.3, 0.4) is 0 Å². The number of hydrogen-bond donors (Lipinski definition) is 3. The fraction of sp³-hybridized carbons (Fsp3) is 1.00. The fourth-order valence-corrected chi connectivity index (χ4v) is 1.79. The van der Waals surface area contributed by atoms with E-state index in [-0.39, 0.29) is 0 Å². The molecule has 0 fully saturated rings. The van der Waals surface area contributed by atoms with E-state index in [1.165, 1.54) is 0 Å². The second-order valence-electron chi connectivity index (χ2n) is 2.16. The van der Waals surface area contributed by atoms with Gasteiger partial charge >= 0.3 is 7.60 Å². The third-order valence-electron chi connectivity index (χ3n) is 1.27. The summed E-state index contributed by atoms with van der Waals surface area (Å²) in [5, 5.41) is 3.45. The molecule has 4 nitrogen and oxygen atoms in total. The molecule has 0 bridgehead atoms. The minimum atomic E-state index is -3.94. The first-order chi connectivity index (χ1) is 5.02. The Kier molecular flexibility index (Phi) is 5.56. The third kappa shape index (κ3) is 4.93. The van der Waals surface area contributed by atoms with E-state index in [9.17, 15) is 4.57 Å². The summed E-state index contributed by atoms with van der Waals surface area (Å²) < 4.78 is 10.7. The zero-order valence-electron chi connectivity index (χ0n) is 6.33. The molecule has 6 heteroatoms. The van der Waals surface area contributed by atoms with E-state index in [2.05, 4.69) is 21.2 Å². The van der Waals surface area contributed by atoms with Gasteiger partial charge in [-0.1, -0.05) is 22.9 Å². The van der Waals surface area contributed by atoms with Gasteiger partial charge in [-0.2, -0.15) is 0 Å². The molecule has 0 aliphatic carbocycles. The highest BCUT2D eigenvalue weighted by Gasteiger charge is 2.25. The van der Waals surface area contributed by atoms with Crippen LogP contribution in [0.4, 0.5) is 0 Å². The first-order valence-electron chi connectivity index (χ1n) is 3.37. The summed E-state index contributed by atoms with van der Waals surface area (Å²) in [5.74, 6) is -0.694. The molecular weight excluding hydrogens is 233 g/mol. The minimum Gasteiger partial charge on any atom is -0.323 e. The summed E-state index contributed by atoms with van der Waals surface area (Å²) in [5.41, 5.74) is 0. The van der Waals surface area contributed by atoms with Crippen molar-refractivity contribution in [2.45, 2.75) is 19.1 Å². The lowest BCUT2D eigenvalue weighted by molar-refractivity contribution is 0.345. The first-order valence-corrected chi connectivity index (χ1v) is 6.17. The van der Waals surface area contributed by atoms with Gasteiger partial charge in [0, 0.05) is 11.9 Å². The lowest BCUT2D eigenvalue weighted by atomic mass is 10.5. The number of hydrogen-bond acceptors (Lipinski definition) is 2. The molecule has 0 aliphatic heterocycles. The van der Waals surface area contributed by atoms with Crippen molar-refractivity contribution >= 4 is 23.5 Å². The lowest BCUT2D eigenvalue weighted by Gasteiger charge is -2.16. The number of rotatable bonds is 5. The number of nitrogens with one attached hydrogen (secondary N) is 1. The Morgan fingerprint density at radius 2 is 2.18 bits per heavy atom. The fourth-order valence-electron chi connectivity index (χ4n) is 0.722. The molecule has 0 radical (unpaired) electrons. The van der Waals surface area contributed by atoms with Crippen molar-refractivity contribution in [2.75, 3.05) is 11.9 Å². The molecule has 0 spiro atoms. The standard InChI is InChI=1S/C5H13BrNO3P/c1-2-5(7-4-3-6)11(8,9)10/h5,7H,2-4H2,1H3,(H2,8,9,10). The van der Waals surface area contributed by atoms with E-state index in [1.807, 2.05) is 0 Å². The molecule has 0 aromatic rings. The Bertz CT molecular complexity index is 149. The second kappa shape index (κ2) is 5.27. The molecule has 0 heterocycles. The smallest absolute Gasteiger partial charge is 0.323 e. The van der Waals surface area contributed by atoms with Crippen LogP contribution in [0.5, 0.6) is 0 Å². The van der Waals surface area contributed by atoms with Crippen LogP contribution in [0.1, 0.15) is 13.3 Å². The normalized spacial score (nSPS) is 14.9. The molecule has 0 aromatic heterocycles. The molecule has 0 saturated heterocycles. The van der Waals surface area contributed by atoms with Gasteiger partial charge in [-0.05, 0) is 6.42 Å². The molecule has 1 atom stereocenters. The zero-order valence-corrected chi connectivity index (χ0v) is 8.81. The Hall–Kier alpha value is 0.590. The Morgan fingerprint density at radius 1 is 1.64 bits per heavy atom. The van der Waals surface area contributed by atoms with Crippen LogP contribution in [0, 0.1) is 0 Å². The highest BCUT2D eigenvalue weighted by atomic mass is 79.9. The van der Waals surface area contributed by atoms with Crippen molar-refractivity contribution in [3.8, 4) is 0 Å². The first kappa shape index (κ1) is 11.6.